The lowest BCUT2D eigenvalue weighted by molar-refractivity contribution is 0.163. The molecule has 0 radical (unpaired) electrons. The van der Waals surface area contributed by atoms with Crippen molar-refractivity contribution in [1.29, 1.82) is 0 Å². The van der Waals surface area contributed by atoms with E-state index in [-0.39, 0.29) is 0 Å². The van der Waals surface area contributed by atoms with Crippen LogP contribution >= 0.6 is 0 Å². The number of aliphatic hydroxyl groups excluding tert-OH is 1. The number of ether oxygens (including phenoxy) is 1. The molecule has 1 N–H and O–H groups in total. The Morgan fingerprint density at radius 2 is 1.94 bits per heavy atom. The number of aliphatic hydroxyl groups is 1. The Kier molecular flexibility index (Phi) is 4.31. The van der Waals surface area contributed by atoms with Crippen LogP contribution < -0.4 is 4.74 Å². The molecular weight excluding hydrogens is 226 g/mol. The average molecular weight is 243 g/mol. The maximum atomic E-state index is 10.2. The van der Waals surface area contributed by atoms with Gasteiger partial charge in [0.2, 0.25) is 0 Å². The highest BCUT2D eigenvalue weighted by Crippen LogP contribution is 2.27. The Morgan fingerprint density at radius 3 is 2.67 bits per heavy atom. The molecule has 2 rings (SSSR count). The summed E-state index contributed by atoms with van der Waals surface area (Å²) in [5, 5.41) is 10.2. The SMILES string of the molecule is COc1ccccc1C(O)CCc1ccccn1. The van der Waals surface area contributed by atoms with E-state index < -0.39 is 6.10 Å². The molecule has 0 aliphatic heterocycles. The third-order valence-electron chi connectivity index (χ3n) is 2.90. The molecule has 1 aromatic heterocycles. The molecule has 0 aliphatic carbocycles. The monoisotopic (exact) mass is 243 g/mol. The van der Waals surface area contributed by atoms with Crippen molar-refractivity contribution in [3.63, 3.8) is 0 Å². The number of methoxy groups -OCH3 is 1. The summed E-state index contributed by atoms with van der Waals surface area (Å²) in [6, 6.07) is 13.4. The molecule has 0 spiro atoms. The van der Waals surface area contributed by atoms with Gasteiger partial charge in [0.15, 0.2) is 0 Å². The number of benzene rings is 1. The molecule has 0 saturated heterocycles. The van der Waals surface area contributed by atoms with E-state index in [2.05, 4.69) is 4.98 Å². The molecule has 0 amide bonds. The fourth-order valence-electron chi connectivity index (χ4n) is 1.93. The minimum atomic E-state index is -0.525. The minimum absolute atomic E-state index is 0.525. The smallest absolute Gasteiger partial charge is 0.124 e. The molecule has 0 bridgehead atoms. The van der Waals surface area contributed by atoms with Gasteiger partial charge in [0.1, 0.15) is 5.75 Å². The van der Waals surface area contributed by atoms with Gasteiger partial charge in [-0.2, -0.15) is 0 Å². The largest absolute Gasteiger partial charge is 0.496 e. The first-order valence-corrected chi connectivity index (χ1v) is 6.02. The van der Waals surface area contributed by atoms with Crippen molar-refractivity contribution < 1.29 is 9.84 Å². The zero-order valence-electron chi connectivity index (χ0n) is 10.4. The fourth-order valence-corrected chi connectivity index (χ4v) is 1.93. The Bertz CT molecular complexity index is 485. The van der Waals surface area contributed by atoms with Crippen molar-refractivity contribution in [2.24, 2.45) is 0 Å². The summed E-state index contributed by atoms with van der Waals surface area (Å²) >= 11 is 0. The lowest BCUT2D eigenvalue weighted by atomic mass is 10.0. The van der Waals surface area contributed by atoms with Crippen molar-refractivity contribution in [2.75, 3.05) is 7.11 Å². The molecule has 1 unspecified atom stereocenters. The van der Waals surface area contributed by atoms with Crippen LogP contribution in [0.2, 0.25) is 0 Å². The Morgan fingerprint density at radius 1 is 1.17 bits per heavy atom. The number of aromatic nitrogens is 1. The first kappa shape index (κ1) is 12.6. The van der Waals surface area contributed by atoms with Crippen LogP contribution in [0.5, 0.6) is 5.75 Å². The van der Waals surface area contributed by atoms with Crippen LogP contribution in [-0.4, -0.2) is 17.2 Å². The van der Waals surface area contributed by atoms with E-state index in [9.17, 15) is 5.11 Å². The fraction of sp³-hybridized carbons (Fsp3) is 0.267. The zero-order chi connectivity index (χ0) is 12.8. The Labute approximate surface area is 107 Å². The van der Waals surface area contributed by atoms with Crippen molar-refractivity contribution in [3.05, 3.63) is 59.9 Å². The van der Waals surface area contributed by atoms with Crippen molar-refractivity contribution in [1.82, 2.24) is 4.98 Å². The van der Waals surface area contributed by atoms with E-state index in [0.717, 1.165) is 23.4 Å². The molecule has 1 aromatic carbocycles. The topological polar surface area (TPSA) is 42.4 Å². The summed E-state index contributed by atoms with van der Waals surface area (Å²) in [6.45, 7) is 0. The normalized spacial score (nSPS) is 12.1. The summed E-state index contributed by atoms with van der Waals surface area (Å²) in [5.74, 6) is 0.728. The van der Waals surface area contributed by atoms with Gasteiger partial charge in [0.05, 0.1) is 13.2 Å². The van der Waals surface area contributed by atoms with E-state index >= 15 is 0 Å². The third-order valence-corrected chi connectivity index (χ3v) is 2.90. The van der Waals surface area contributed by atoms with Crippen LogP contribution in [0.4, 0.5) is 0 Å². The highest BCUT2D eigenvalue weighted by Gasteiger charge is 2.12. The summed E-state index contributed by atoms with van der Waals surface area (Å²) in [6.07, 6.45) is 2.63. The zero-order valence-corrected chi connectivity index (χ0v) is 10.4. The minimum Gasteiger partial charge on any atom is -0.496 e. The molecule has 94 valence electrons. The number of para-hydroxylation sites is 1. The first-order valence-electron chi connectivity index (χ1n) is 6.02. The summed E-state index contributed by atoms with van der Waals surface area (Å²) < 4.78 is 5.24. The summed E-state index contributed by atoms with van der Waals surface area (Å²) in [5.41, 5.74) is 1.82. The summed E-state index contributed by atoms with van der Waals surface area (Å²) in [4.78, 5) is 4.24. The predicted octanol–water partition coefficient (Wildman–Crippen LogP) is 2.76. The number of hydrogen-bond donors (Lipinski definition) is 1. The average Bonchev–Trinajstić information content (AvgIpc) is 2.45. The standard InChI is InChI=1S/C15H17NO2/c1-18-15-8-3-2-7-13(15)14(17)10-9-12-6-4-5-11-16-12/h2-8,11,14,17H,9-10H2,1H3. The van der Waals surface area contributed by atoms with Gasteiger partial charge < -0.3 is 9.84 Å². The van der Waals surface area contributed by atoms with E-state index in [0.29, 0.717) is 6.42 Å². The Hall–Kier alpha value is -1.87. The second-order valence-corrected chi connectivity index (χ2v) is 4.12. The van der Waals surface area contributed by atoms with Gasteiger partial charge in [-0.3, -0.25) is 4.98 Å². The van der Waals surface area contributed by atoms with Crippen LogP contribution in [0.1, 0.15) is 23.8 Å². The highest BCUT2D eigenvalue weighted by molar-refractivity contribution is 5.35. The van der Waals surface area contributed by atoms with E-state index in [4.69, 9.17) is 4.74 Å². The van der Waals surface area contributed by atoms with Crippen LogP contribution in [0.25, 0.3) is 0 Å². The van der Waals surface area contributed by atoms with Crippen molar-refractivity contribution in [2.45, 2.75) is 18.9 Å². The van der Waals surface area contributed by atoms with Gasteiger partial charge >= 0.3 is 0 Å². The van der Waals surface area contributed by atoms with Gasteiger partial charge in [0.25, 0.3) is 0 Å². The highest BCUT2D eigenvalue weighted by atomic mass is 16.5. The van der Waals surface area contributed by atoms with Gasteiger partial charge in [-0.15, -0.1) is 0 Å². The predicted molar refractivity (Wildman–Crippen MR) is 70.5 cm³/mol. The quantitative estimate of drug-likeness (QED) is 0.878. The molecule has 1 atom stereocenters. The van der Waals surface area contributed by atoms with Gasteiger partial charge in [0, 0.05) is 17.5 Å². The first-order chi connectivity index (χ1) is 8.81. The lowest BCUT2D eigenvalue weighted by Crippen LogP contribution is -2.02. The molecule has 0 aliphatic rings. The van der Waals surface area contributed by atoms with E-state index in [1.54, 1.807) is 13.3 Å². The number of nitrogens with zero attached hydrogens (tertiary/aromatic N) is 1. The van der Waals surface area contributed by atoms with Crippen LogP contribution in [0.15, 0.2) is 48.7 Å². The molecule has 2 aromatic rings. The molecule has 3 heteroatoms. The third kappa shape index (κ3) is 3.08. The van der Waals surface area contributed by atoms with Crippen molar-refractivity contribution >= 4 is 0 Å². The van der Waals surface area contributed by atoms with E-state index in [1.165, 1.54) is 0 Å². The second-order valence-electron chi connectivity index (χ2n) is 4.12. The molecular formula is C15H17NO2. The number of aryl methyl sites for hydroxylation is 1. The molecule has 3 nitrogen and oxygen atoms in total. The van der Waals surface area contributed by atoms with Crippen LogP contribution in [-0.2, 0) is 6.42 Å². The lowest BCUT2D eigenvalue weighted by Gasteiger charge is -2.14. The maximum Gasteiger partial charge on any atom is 0.124 e. The van der Waals surface area contributed by atoms with Crippen LogP contribution in [0.3, 0.4) is 0 Å². The van der Waals surface area contributed by atoms with Gasteiger partial charge in [-0.25, -0.2) is 0 Å². The van der Waals surface area contributed by atoms with Gasteiger partial charge in [-0.1, -0.05) is 24.3 Å². The molecule has 0 fully saturated rings. The maximum absolute atomic E-state index is 10.2. The number of pyridine rings is 1. The second kappa shape index (κ2) is 6.17. The molecule has 1 heterocycles. The Balaban J connectivity index is 2.01. The van der Waals surface area contributed by atoms with Crippen LogP contribution in [0, 0.1) is 0 Å². The molecule has 0 saturated carbocycles. The number of hydrogen-bond acceptors (Lipinski definition) is 3. The van der Waals surface area contributed by atoms with Gasteiger partial charge in [-0.05, 0) is 31.0 Å². The summed E-state index contributed by atoms with van der Waals surface area (Å²) in [7, 11) is 1.62. The number of rotatable bonds is 5. The van der Waals surface area contributed by atoms with Crippen molar-refractivity contribution in [3.8, 4) is 5.75 Å². The molecule has 18 heavy (non-hydrogen) atoms. The van der Waals surface area contributed by atoms with E-state index in [1.807, 2.05) is 42.5 Å².